The third kappa shape index (κ3) is 4.71. The molecule has 1 aliphatic heterocycles. The molecule has 1 atom stereocenters. The predicted molar refractivity (Wildman–Crippen MR) is 112 cm³/mol. The molecule has 3 heterocycles. The van der Waals surface area contributed by atoms with Gasteiger partial charge >= 0.3 is 0 Å². The van der Waals surface area contributed by atoms with Crippen molar-refractivity contribution < 1.29 is 9.18 Å². The Bertz CT molecular complexity index is 914. The van der Waals surface area contributed by atoms with Crippen molar-refractivity contribution in [3.05, 3.63) is 58.0 Å². The maximum atomic E-state index is 12.9. The number of anilines is 1. The zero-order valence-electron chi connectivity index (χ0n) is 15.0. The number of rotatable bonds is 7. The van der Waals surface area contributed by atoms with Crippen molar-refractivity contribution in [1.29, 1.82) is 0 Å². The second-order valence-corrected chi connectivity index (χ2v) is 9.58. The lowest BCUT2D eigenvalue weighted by molar-refractivity contribution is -0.129. The number of halogens is 1. The minimum absolute atomic E-state index is 0.150. The number of thioether (sulfide) groups is 1. The number of benzene rings is 1. The smallest absolute Gasteiger partial charge is 0.233 e. The number of nitrogens with zero attached hydrogens (tertiary/aromatic N) is 3. The third-order valence-electron chi connectivity index (χ3n) is 4.53. The van der Waals surface area contributed by atoms with E-state index in [9.17, 15) is 9.18 Å². The summed E-state index contributed by atoms with van der Waals surface area (Å²) in [5, 5.41) is 14.2. The maximum Gasteiger partial charge on any atom is 0.233 e. The zero-order chi connectivity index (χ0) is 19.3. The van der Waals surface area contributed by atoms with Crippen LogP contribution in [-0.4, -0.2) is 33.3 Å². The van der Waals surface area contributed by atoms with Gasteiger partial charge in [-0.25, -0.2) is 4.39 Å². The van der Waals surface area contributed by atoms with E-state index in [0.29, 0.717) is 17.4 Å². The van der Waals surface area contributed by atoms with Gasteiger partial charge < -0.3 is 10.2 Å². The van der Waals surface area contributed by atoms with E-state index in [1.54, 1.807) is 23.5 Å². The summed E-state index contributed by atoms with van der Waals surface area (Å²) in [5.41, 5.74) is 0.967. The molecule has 4 rings (SSSR count). The molecule has 2 aromatic heterocycles. The molecule has 1 fully saturated rings. The molecule has 3 aromatic rings. The van der Waals surface area contributed by atoms with Crippen LogP contribution in [-0.2, 0) is 11.3 Å². The number of amides is 1. The molecule has 1 aliphatic rings. The summed E-state index contributed by atoms with van der Waals surface area (Å²) in [6, 6.07) is 10.7. The van der Waals surface area contributed by atoms with Crippen LogP contribution >= 0.6 is 34.4 Å². The van der Waals surface area contributed by atoms with Crippen LogP contribution in [0.25, 0.3) is 0 Å². The van der Waals surface area contributed by atoms with Crippen LogP contribution < -0.4 is 5.32 Å². The van der Waals surface area contributed by atoms with Crippen molar-refractivity contribution in [2.45, 2.75) is 29.8 Å². The average Bonchev–Trinajstić information content (AvgIpc) is 3.46. The molecular formula is C19H19FN4OS3. The number of hydrogen-bond donors (Lipinski definition) is 1. The molecule has 1 aromatic carbocycles. The Hall–Kier alpha value is -1.97. The van der Waals surface area contributed by atoms with Gasteiger partial charge in [0, 0.05) is 18.0 Å². The highest BCUT2D eigenvalue weighted by Crippen LogP contribution is 2.35. The van der Waals surface area contributed by atoms with E-state index in [-0.39, 0.29) is 17.8 Å². The monoisotopic (exact) mass is 434 g/mol. The standard InChI is InChI=1S/C19H19FN4OS3/c20-14-7-5-13(6-8-14)11-21-18-22-23-19(28-18)27-12-17(25)24-9-1-3-15(24)16-4-2-10-26-16/h2,4-8,10,15H,1,3,9,11-12H2,(H,21,22)/t15-/m1/s1. The fourth-order valence-electron chi connectivity index (χ4n) is 3.17. The summed E-state index contributed by atoms with van der Waals surface area (Å²) in [5.74, 6) is 0.272. The average molecular weight is 435 g/mol. The largest absolute Gasteiger partial charge is 0.356 e. The molecule has 0 spiro atoms. The number of likely N-dealkylation sites (tertiary alicyclic amines) is 1. The highest BCUT2D eigenvalue weighted by molar-refractivity contribution is 8.01. The zero-order valence-corrected chi connectivity index (χ0v) is 17.5. The van der Waals surface area contributed by atoms with Gasteiger partial charge in [0.1, 0.15) is 5.82 Å². The Kier molecular flexibility index (Phi) is 6.23. The van der Waals surface area contributed by atoms with Crippen LogP contribution in [0.2, 0.25) is 0 Å². The van der Waals surface area contributed by atoms with Crippen molar-refractivity contribution in [3.8, 4) is 0 Å². The molecular weight excluding hydrogens is 415 g/mol. The van der Waals surface area contributed by atoms with E-state index in [1.807, 2.05) is 11.0 Å². The molecule has 1 N–H and O–H groups in total. The number of hydrogen-bond acceptors (Lipinski definition) is 7. The van der Waals surface area contributed by atoms with Gasteiger partial charge in [-0.3, -0.25) is 4.79 Å². The van der Waals surface area contributed by atoms with Crippen molar-refractivity contribution in [3.63, 3.8) is 0 Å². The lowest BCUT2D eigenvalue weighted by Gasteiger charge is -2.23. The fourth-order valence-corrected chi connectivity index (χ4v) is 5.67. The fraction of sp³-hybridized carbons (Fsp3) is 0.316. The van der Waals surface area contributed by atoms with E-state index >= 15 is 0 Å². The molecule has 0 unspecified atom stereocenters. The van der Waals surface area contributed by atoms with Gasteiger partial charge in [0.25, 0.3) is 0 Å². The molecule has 0 bridgehead atoms. The SMILES string of the molecule is O=C(CSc1nnc(NCc2ccc(F)cc2)s1)N1CCC[C@@H]1c1cccs1. The number of carbonyl (C=O) groups excluding carboxylic acids is 1. The van der Waals surface area contributed by atoms with Gasteiger partial charge in [0.15, 0.2) is 4.34 Å². The Balaban J connectivity index is 1.28. The molecule has 0 aliphatic carbocycles. The summed E-state index contributed by atoms with van der Waals surface area (Å²) < 4.78 is 13.7. The van der Waals surface area contributed by atoms with Gasteiger partial charge in [-0.2, -0.15) is 0 Å². The van der Waals surface area contributed by atoms with E-state index in [0.717, 1.165) is 29.3 Å². The summed E-state index contributed by atoms with van der Waals surface area (Å²) in [6.45, 7) is 1.37. The first-order valence-corrected chi connectivity index (χ1v) is 11.6. The lowest BCUT2D eigenvalue weighted by Crippen LogP contribution is -2.31. The van der Waals surface area contributed by atoms with E-state index in [4.69, 9.17) is 0 Å². The van der Waals surface area contributed by atoms with Gasteiger partial charge in [0.05, 0.1) is 11.8 Å². The Morgan fingerprint density at radius 2 is 2.14 bits per heavy atom. The number of carbonyl (C=O) groups is 1. The molecule has 0 radical (unpaired) electrons. The molecule has 5 nitrogen and oxygen atoms in total. The third-order valence-corrected chi connectivity index (χ3v) is 7.50. The van der Waals surface area contributed by atoms with Crippen molar-refractivity contribution >= 4 is 45.5 Å². The summed E-state index contributed by atoms with van der Waals surface area (Å²) in [6.07, 6.45) is 2.09. The molecule has 146 valence electrons. The lowest BCUT2D eigenvalue weighted by atomic mass is 10.2. The first kappa shape index (κ1) is 19.4. The molecule has 28 heavy (non-hydrogen) atoms. The number of thiophene rings is 1. The maximum absolute atomic E-state index is 12.9. The normalized spacial score (nSPS) is 16.5. The molecule has 1 saturated heterocycles. The minimum Gasteiger partial charge on any atom is -0.356 e. The van der Waals surface area contributed by atoms with Gasteiger partial charge in [0.2, 0.25) is 11.0 Å². The van der Waals surface area contributed by atoms with Crippen molar-refractivity contribution in [1.82, 2.24) is 15.1 Å². The Morgan fingerprint density at radius 1 is 1.29 bits per heavy atom. The van der Waals surface area contributed by atoms with Crippen LogP contribution in [0.3, 0.4) is 0 Å². The van der Waals surface area contributed by atoms with Crippen LogP contribution in [0.15, 0.2) is 46.1 Å². The minimum atomic E-state index is -0.248. The van der Waals surface area contributed by atoms with E-state index in [1.165, 1.54) is 40.1 Å². The molecule has 0 saturated carbocycles. The van der Waals surface area contributed by atoms with Crippen molar-refractivity contribution in [2.75, 3.05) is 17.6 Å². The van der Waals surface area contributed by atoms with Crippen molar-refractivity contribution in [2.24, 2.45) is 0 Å². The Morgan fingerprint density at radius 3 is 2.93 bits per heavy atom. The van der Waals surface area contributed by atoms with Gasteiger partial charge in [-0.05, 0) is 42.0 Å². The van der Waals surface area contributed by atoms with Gasteiger partial charge in [-0.15, -0.1) is 21.5 Å². The first-order chi connectivity index (χ1) is 13.7. The number of nitrogens with one attached hydrogen (secondary N) is 1. The molecule has 1 amide bonds. The summed E-state index contributed by atoms with van der Waals surface area (Å²) >= 11 is 4.57. The van der Waals surface area contributed by atoms with E-state index < -0.39 is 0 Å². The highest BCUT2D eigenvalue weighted by Gasteiger charge is 2.30. The van der Waals surface area contributed by atoms with E-state index in [2.05, 4.69) is 27.0 Å². The predicted octanol–water partition coefficient (Wildman–Crippen LogP) is 4.81. The second-order valence-electron chi connectivity index (χ2n) is 6.40. The van der Waals surface area contributed by atoms with Crippen LogP contribution in [0.1, 0.15) is 29.3 Å². The van der Waals surface area contributed by atoms with Crippen LogP contribution in [0.4, 0.5) is 9.52 Å². The van der Waals surface area contributed by atoms with Crippen LogP contribution in [0.5, 0.6) is 0 Å². The summed E-state index contributed by atoms with van der Waals surface area (Å²) in [7, 11) is 0. The summed E-state index contributed by atoms with van der Waals surface area (Å²) in [4.78, 5) is 15.9. The Labute approximate surface area is 175 Å². The first-order valence-electron chi connectivity index (χ1n) is 8.96. The topological polar surface area (TPSA) is 58.1 Å². The number of aromatic nitrogens is 2. The highest BCUT2D eigenvalue weighted by atomic mass is 32.2. The van der Waals surface area contributed by atoms with Gasteiger partial charge in [-0.1, -0.05) is 41.3 Å². The quantitative estimate of drug-likeness (QED) is 0.541. The van der Waals surface area contributed by atoms with Crippen LogP contribution in [0, 0.1) is 5.82 Å². The second kappa shape index (κ2) is 9.02. The molecule has 9 heteroatoms.